The van der Waals surface area contributed by atoms with Crippen molar-refractivity contribution in [1.29, 1.82) is 5.26 Å². The van der Waals surface area contributed by atoms with Crippen molar-refractivity contribution in [2.45, 2.75) is 4.90 Å². The van der Waals surface area contributed by atoms with Crippen molar-refractivity contribution in [1.82, 2.24) is 5.32 Å². The first kappa shape index (κ1) is 14.5. The molecule has 6 nitrogen and oxygen atoms in total. The molecule has 8 heteroatoms. The highest BCUT2D eigenvalue weighted by molar-refractivity contribution is 9.10. The van der Waals surface area contributed by atoms with Crippen LogP contribution in [0.25, 0.3) is 0 Å². The Morgan fingerprint density at radius 1 is 1.50 bits per heavy atom. The molecule has 1 aromatic rings. The molecule has 3 N–H and O–H groups in total. The standard InChI is InChI=1S/C10H10BrN3O3S/c11-7-1-2-8(13)9(5-7)18(16,17)6-10(15)14-4-3-12/h1-2,5H,4,6,13H2,(H,14,15). The number of halogens is 1. The van der Waals surface area contributed by atoms with E-state index in [4.69, 9.17) is 11.0 Å². The summed E-state index contributed by atoms with van der Waals surface area (Å²) in [5, 5.41) is 10.4. The van der Waals surface area contributed by atoms with Crippen LogP contribution in [0.5, 0.6) is 0 Å². The molecule has 0 saturated carbocycles. The van der Waals surface area contributed by atoms with Crippen molar-refractivity contribution in [2.24, 2.45) is 0 Å². The van der Waals surface area contributed by atoms with Crippen molar-refractivity contribution in [3.8, 4) is 6.07 Å². The van der Waals surface area contributed by atoms with Crippen LogP contribution in [-0.4, -0.2) is 26.6 Å². The van der Waals surface area contributed by atoms with Crippen LogP contribution >= 0.6 is 15.9 Å². The van der Waals surface area contributed by atoms with Gasteiger partial charge in [-0.1, -0.05) is 15.9 Å². The van der Waals surface area contributed by atoms with Crippen LogP contribution in [0.2, 0.25) is 0 Å². The number of hydrogen-bond acceptors (Lipinski definition) is 5. The molecule has 0 aromatic heterocycles. The number of rotatable bonds is 4. The van der Waals surface area contributed by atoms with Gasteiger partial charge in [-0.25, -0.2) is 8.42 Å². The first-order chi connectivity index (χ1) is 8.36. The third-order valence-electron chi connectivity index (χ3n) is 2.00. The molecule has 18 heavy (non-hydrogen) atoms. The largest absolute Gasteiger partial charge is 0.398 e. The van der Waals surface area contributed by atoms with Crippen LogP contribution in [0.4, 0.5) is 5.69 Å². The minimum atomic E-state index is -3.82. The Kier molecular flexibility index (Phi) is 4.69. The van der Waals surface area contributed by atoms with E-state index < -0.39 is 21.5 Å². The number of nitrogen functional groups attached to an aromatic ring is 1. The molecular formula is C10H10BrN3O3S. The lowest BCUT2D eigenvalue weighted by Crippen LogP contribution is -2.30. The number of carbonyl (C=O) groups is 1. The average molecular weight is 332 g/mol. The second-order valence-corrected chi connectivity index (χ2v) is 6.25. The van der Waals surface area contributed by atoms with E-state index in [9.17, 15) is 13.2 Å². The lowest BCUT2D eigenvalue weighted by atomic mass is 10.3. The minimum absolute atomic E-state index is 0.0753. The zero-order valence-electron chi connectivity index (χ0n) is 9.18. The fourth-order valence-electron chi connectivity index (χ4n) is 1.22. The molecular weight excluding hydrogens is 322 g/mol. The maximum Gasteiger partial charge on any atom is 0.236 e. The summed E-state index contributed by atoms with van der Waals surface area (Å²) in [7, 11) is -3.82. The lowest BCUT2D eigenvalue weighted by molar-refractivity contribution is -0.118. The fourth-order valence-corrected chi connectivity index (χ4v) is 3.07. The Hall–Kier alpha value is -1.59. The summed E-state index contributed by atoms with van der Waals surface area (Å²) in [5.41, 5.74) is 5.64. The first-order valence-electron chi connectivity index (χ1n) is 4.78. The van der Waals surface area contributed by atoms with Gasteiger partial charge in [-0.05, 0) is 18.2 Å². The highest BCUT2D eigenvalue weighted by Crippen LogP contribution is 2.23. The zero-order valence-corrected chi connectivity index (χ0v) is 11.6. The molecule has 0 atom stereocenters. The number of sulfone groups is 1. The summed E-state index contributed by atoms with van der Waals surface area (Å²) >= 11 is 3.13. The summed E-state index contributed by atoms with van der Waals surface area (Å²) in [5.74, 6) is -1.48. The highest BCUT2D eigenvalue weighted by atomic mass is 79.9. The average Bonchev–Trinajstić information content (AvgIpc) is 2.29. The summed E-state index contributed by atoms with van der Waals surface area (Å²) in [6.45, 7) is -0.234. The Morgan fingerprint density at radius 3 is 2.78 bits per heavy atom. The maximum atomic E-state index is 11.9. The Labute approximate surface area is 113 Å². The van der Waals surface area contributed by atoms with Gasteiger partial charge in [0.2, 0.25) is 5.91 Å². The van der Waals surface area contributed by atoms with Crippen molar-refractivity contribution in [3.05, 3.63) is 22.7 Å². The Morgan fingerprint density at radius 2 is 2.17 bits per heavy atom. The normalized spacial score (nSPS) is 10.7. The smallest absolute Gasteiger partial charge is 0.236 e. The van der Waals surface area contributed by atoms with Gasteiger partial charge in [0.05, 0.1) is 16.7 Å². The molecule has 0 fully saturated rings. The van der Waals surface area contributed by atoms with Gasteiger partial charge in [0, 0.05) is 4.47 Å². The van der Waals surface area contributed by atoms with Crippen LogP contribution in [0, 0.1) is 11.3 Å². The van der Waals surface area contributed by atoms with Crippen LogP contribution in [0.3, 0.4) is 0 Å². The third-order valence-corrected chi connectivity index (χ3v) is 4.16. The molecule has 1 rings (SSSR count). The van der Waals surface area contributed by atoms with E-state index in [1.165, 1.54) is 12.1 Å². The topological polar surface area (TPSA) is 113 Å². The SMILES string of the molecule is N#CCNC(=O)CS(=O)(=O)c1cc(Br)ccc1N. The van der Waals surface area contributed by atoms with E-state index in [0.717, 1.165) is 0 Å². The number of carbonyl (C=O) groups excluding carboxylic acids is 1. The van der Waals surface area contributed by atoms with E-state index in [1.54, 1.807) is 12.1 Å². The number of nitrogens with zero attached hydrogens (tertiary/aromatic N) is 1. The van der Waals surface area contributed by atoms with Crippen molar-refractivity contribution < 1.29 is 13.2 Å². The van der Waals surface area contributed by atoms with Crippen LogP contribution in [0.15, 0.2) is 27.6 Å². The molecule has 1 amide bonds. The zero-order chi connectivity index (χ0) is 13.8. The molecule has 0 aliphatic heterocycles. The maximum absolute atomic E-state index is 11.9. The molecule has 0 saturated heterocycles. The van der Waals surface area contributed by atoms with Gasteiger partial charge < -0.3 is 11.1 Å². The Balaban J connectivity index is 2.97. The van der Waals surface area contributed by atoms with E-state index in [0.29, 0.717) is 4.47 Å². The molecule has 0 aliphatic carbocycles. The molecule has 0 radical (unpaired) electrons. The molecule has 0 aliphatic rings. The number of nitriles is 1. The van der Waals surface area contributed by atoms with Gasteiger partial charge in [-0.2, -0.15) is 5.26 Å². The summed E-state index contributed by atoms with van der Waals surface area (Å²) in [4.78, 5) is 11.2. The Bertz CT molecular complexity index is 607. The lowest BCUT2D eigenvalue weighted by Gasteiger charge is -2.07. The summed E-state index contributed by atoms with van der Waals surface area (Å²) in [6, 6.07) is 6.06. The number of hydrogen-bond donors (Lipinski definition) is 2. The quantitative estimate of drug-likeness (QED) is 0.614. The molecule has 0 spiro atoms. The van der Waals surface area contributed by atoms with Gasteiger partial charge >= 0.3 is 0 Å². The molecule has 1 aromatic carbocycles. The summed E-state index contributed by atoms with van der Waals surface area (Å²) in [6.07, 6.45) is 0. The number of nitrogens with one attached hydrogen (secondary N) is 1. The first-order valence-corrected chi connectivity index (χ1v) is 7.23. The van der Waals surface area contributed by atoms with Gasteiger partial charge in [-0.3, -0.25) is 4.79 Å². The predicted molar refractivity (Wildman–Crippen MR) is 69.2 cm³/mol. The number of benzene rings is 1. The van der Waals surface area contributed by atoms with Crippen molar-refractivity contribution in [3.63, 3.8) is 0 Å². The van der Waals surface area contributed by atoms with Gasteiger partial charge in [0.1, 0.15) is 12.3 Å². The summed E-state index contributed by atoms with van der Waals surface area (Å²) < 4.78 is 24.4. The fraction of sp³-hybridized carbons (Fsp3) is 0.200. The number of amides is 1. The van der Waals surface area contributed by atoms with E-state index in [-0.39, 0.29) is 17.1 Å². The second kappa shape index (κ2) is 5.84. The van der Waals surface area contributed by atoms with Crippen LogP contribution < -0.4 is 11.1 Å². The van der Waals surface area contributed by atoms with Gasteiger partial charge in [0.25, 0.3) is 0 Å². The van der Waals surface area contributed by atoms with Crippen LogP contribution in [-0.2, 0) is 14.6 Å². The van der Waals surface area contributed by atoms with E-state index >= 15 is 0 Å². The monoisotopic (exact) mass is 331 g/mol. The molecule has 0 unspecified atom stereocenters. The molecule has 0 heterocycles. The van der Waals surface area contributed by atoms with Crippen molar-refractivity contribution in [2.75, 3.05) is 18.0 Å². The van der Waals surface area contributed by atoms with E-state index in [1.807, 2.05) is 0 Å². The molecule has 0 bridgehead atoms. The van der Waals surface area contributed by atoms with Crippen LogP contribution in [0.1, 0.15) is 0 Å². The minimum Gasteiger partial charge on any atom is -0.398 e. The molecule has 96 valence electrons. The predicted octanol–water partition coefficient (Wildman–Crippen LogP) is 0.445. The third kappa shape index (κ3) is 3.72. The van der Waals surface area contributed by atoms with Gasteiger partial charge in [-0.15, -0.1) is 0 Å². The number of anilines is 1. The highest BCUT2D eigenvalue weighted by Gasteiger charge is 2.21. The van der Waals surface area contributed by atoms with Gasteiger partial charge in [0.15, 0.2) is 9.84 Å². The van der Waals surface area contributed by atoms with Crippen molar-refractivity contribution >= 4 is 37.4 Å². The second-order valence-electron chi connectivity index (χ2n) is 3.38. The number of nitrogens with two attached hydrogens (primary N) is 1. The van der Waals surface area contributed by atoms with E-state index in [2.05, 4.69) is 21.2 Å².